The zero-order valence-electron chi connectivity index (χ0n) is 18.3. The molecule has 1 fully saturated rings. The van der Waals surface area contributed by atoms with Gasteiger partial charge in [-0.2, -0.15) is 27.0 Å². The second kappa shape index (κ2) is 11.2. The van der Waals surface area contributed by atoms with E-state index in [1.165, 1.54) is 6.07 Å². The number of nitrogens with zero attached hydrogens (tertiary/aromatic N) is 3. The Morgan fingerprint density at radius 3 is 2.58 bits per heavy atom. The Bertz CT molecular complexity index is 867. The molecule has 31 heavy (non-hydrogen) atoms. The number of halogens is 1. The van der Waals surface area contributed by atoms with Gasteiger partial charge in [-0.25, -0.2) is 9.37 Å². The van der Waals surface area contributed by atoms with E-state index in [2.05, 4.69) is 14.9 Å². The van der Waals surface area contributed by atoms with Crippen LogP contribution < -0.4 is 14.2 Å². The largest absolute Gasteiger partial charge is 0.493 e. The molecule has 4 heterocycles. The summed E-state index contributed by atoms with van der Waals surface area (Å²) in [5.41, 5.74) is 2.33. The van der Waals surface area contributed by atoms with Crippen LogP contribution in [-0.4, -0.2) is 47.8 Å². The van der Waals surface area contributed by atoms with Crippen LogP contribution in [-0.2, 0) is 0 Å². The Balaban J connectivity index is 0.00000171. The average molecular weight is 470 g/mol. The molecule has 0 N–H and O–H groups in total. The van der Waals surface area contributed by atoms with E-state index in [0.29, 0.717) is 43.1 Å². The van der Waals surface area contributed by atoms with Gasteiger partial charge in [-0.1, -0.05) is 0 Å². The molecule has 2 aromatic heterocycles. The van der Waals surface area contributed by atoms with Crippen molar-refractivity contribution in [3.05, 3.63) is 41.1 Å². The molecule has 0 saturated carbocycles. The smallest absolute Gasteiger partial charge is 0.257 e. The fourth-order valence-electron chi connectivity index (χ4n) is 4.11. The van der Waals surface area contributed by atoms with Gasteiger partial charge in [0.05, 0.1) is 18.3 Å². The number of hydrogen-bond donors (Lipinski definition) is 0. The highest BCUT2D eigenvalue weighted by Gasteiger charge is 2.29. The zero-order chi connectivity index (χ0) is 20.4. The van der Waals surface area contributed by atoms with Gasteiger partial charge in [-0.05, 0) is 40.2 Å². The first-order valence-corrected chi connectivity index (χ1v) is 10.3. The van der Waals surface area contributed by atoms with Gasteiger partial charge in [0.15, 0.2) is 5.75 Å². The van der Waals surface area contributed by atoms with Gasteiger partial charge < -0.3 is 14.2 Å². The monoisotopic (exact) mass is 469 g/mol. The van der Waals surface area contributed by atoms with Gasteiger partial charge in [0.25, 0.3) is 5.88 Å². The molecular formula is C22H32FN3O3S2. The first-order valence-electron chi connectivity index (χ1n) is 10.3. The van der Waals surface area contributed by atoms with Gasteiger partial charge >= 0.3 is 0 Å². The SMILES string of the molecule is Cc1cc(OC[C@H]2CCCN([C@@H](C)c3nc4c(cc3F)OCCO4)C2)cc(C)n1.S.S. The van der Waals surface area contributed by atoms with Crippen molar-refractivity contribution in [1.82, 2.24) is 14.9 Å². The van der Waals surface area contributed by atoms with E-state index in [1.54, 1.807) is 0 Å². The quantitative estimate of drug-likeness (QED) is 0.658. The molecule has 9 heteroatoms. The fourth-order valence-corrected chi connectivity index (χ4v) is 4.11. The Hall–Kier alpha value is -1.71. The van der Waals surface area contributed by atoms with Crippen LogP contribution in [0.3, 0.4) is 0 Å². The predicted molar refractivity (Wildman–Crippen MR) is 128 cm³/mol. The molecule has 0 radical (unpaired) electrons. The summed E-state index contributed by atoms with van der Waals surface area (Å²) in [6, 6.07) is 5.18. The maximum absolute atomic E-state index is 14.7. The van der Waals surface area contributed by atoms with Crippen molar-refractivity contribution < 1.29 is 18.6 Å². The van der Waals surface area contributed by atoms with Crippen molar-refractivity contribution in [3.8, 4) is 17.4 Å². The summed E-state index contributed by atoms with van der Waals surface area (Å²) in [7, 11) is 0. The van der Waals surface area contributed by atoms with Crippen molar-refractivity contribution in [3.63, 3.8) is 0 Å². The van der Waals surface area contributed by atoms with Crippen molar-refractivity contribution in [2.45, 2.75) is 39.7 Å². The van der Waals surface area contributed by atoms with Gasteiger partial charge in [0.2, 0.25) is 0 Å². The molecule has 172 valence electrons. The second-order valence-electron chi connectivity index (χ2n) is 7.93. The Morgan fingerprint density at radius 1 is 1.13 bits per heavy atom. The third-order valence-electron chi connectivity index (χ3n) is 5.55. The number of fused-ring (bicyclic) bond motifs is 1. The summed E-state index contributed by atoms with van der Waals surface area (Å²) < 4.78 is 31.7. The summed E-state index contributed by atoms with van der Waals surface area (Å²) in [4.78, 5) is 11.1. The van der Waals surface area contributed by atoms with Crippen molar-refractivity contribution in [2.24, 2.45) is 5.92 Å². The van der Waals surface area contributed by atoms with Gasteiger partial charge in [0.1, 0.15) is 24.8 Å². The van der Waals surface area contributed by atoms with Crippen LogP contribution >= 0.6 is 27.0 Å². The minimum Gasteiger partial charge on any atom is -0.493 e. The van der Waals surface area contributed by atoms with E-state index in [9.17, 15) is 4.39 Å². The molecule has 2 aromatic rings. The van der Waals surface area contributed by atoms with Gasteiger partial charge in [0, 0.05) is 42.0 Å². The van der Waals surface area contributed by atoms with Crippen LogP contribution in [0, 0.1) is 25.6 Å². The van der Waals surface area contributed by atoms with E-state index in [-0.39, 0.29) is 38.9 Å². The molecular weight excluding hydrogens is 437 g/mol. The highest BCUT2D eigenvalue weighted by atomic mass is 32.1. The number of ether oxygens (including phenoxy) is 3. The van der Waals surface area contributed by atoms with Crippen LogP contribution in [0.25, 0.3) is 0 Å². The third kappa shape index (κ3) is 6.17. The predicted octanol–water partition coefficient (Wildman–Crippen LogP) is 4.08. The van der Waals surface area contributed by atoms with E-state index < -0.39 is 0 Å². The molecule has 0 spiro atoms. The second-order valence-corrected chi connectivity index (χ2v) is 7.93. The van der Waals surface area contributed by atoms with Crippen LogP contribution in [0.1, 0.15) is 42.9 Å². The minimum atomic E-state index is -0.345. The summed E-state index contributed by atoms with van der Waals surface area (Å²) in [5, 5.41) is 0. The van der Waals surface area contributed by atoms with E-state index in [0.717, 1.165) is 43.1 Å². The maximum Gasteiger partial charge on any atom is 0.257 e. The summed E-state index contributed by atoms with van der Waals surface area (Å²) in [6.07, 6.45) is 2.16. The Labute approximate surface area is 197 Å². The lowest BCUT2D eigenvalue weighted by molar-refractivity contribution is 0.0963. The highest BCUT2D eigenvalue weighted by molar-refractivity contribution is 7.59. The lowest BCUT2D eigenvalue weighted by Gasteiger charge is -2.36. The van der Waals surface area contributed by atoms with Gasteiger partial charge in [-0.3, -0.25) is 9.88 Å². The number of hydrogen-bond acceptors (Lipinski definition) is 6. The van der Waals surface area contributed by atoms with Crippen molar-refractivity contribution in [2.75, 3.05) is 32.9 Å². The number of rotatable bonds is 5. The molecule has 2 aliphatic rings. The summed E-state index contributed by atoms with van der Waals surface area (Å²) in [6.45, 7) is 9.21. The van der Waals surface area contributed by atoms with E-state index in [1.807, 2.05) is 32.9 Å². The minimum absolute atomic E-state index is 0. The lowest BCUT2D eigenvalue weighted by Crippen LogP contribution is -2.39. The molecule has 0 aromatic carbocycles. The van der Waals surface area contributed by atoms with E-state index >= 15 is 0 Å². The Morgan fingerprint density at radius 2 is 1.84 bits per heavy atom. The third-order valence-corrected chi connectivity index (χ3v) is 5.55. The van der Waals surface area contributed by atoms with Crippen LogP contribution in [0.2, 0.25) is 0 Å². The molecule has 2 aliphatic heterocycles. The molecule has 0 amide bonds. The molecule has 4 rings (SSSR count). The molecule has 0 aliphatic carbocycles. The maximum atomic E-state index is 14.7. The first-order chi connectivity index (χ1) is 14.0. The average Bonchev–Trinajstić information content (AvgIpc) is 2.71. The van der Waals surface area contributed by atoms with E-state index in [4.69, 9.17) is 14.2 Å². The topological polar surface area (TPSA) is 56.7 Å². The number of pyridine rings is 2. The molecule has 2 atom stereocenters. The van der Waals surface area contributed by atoms with Crippen LogP contribution in [0.15, 0.2) is 18.2 Å². The van der Waals surface area contributed by atoms with Gasteiger partial charge in [-0.15, -0.1) is 0 Å². The molecule has 0 unspecified atom stereocenters. The zero-order valence-corrected chi connectivity index (χ0v) is 20.3. The number of aromatic nitrogens is 2. The van der Waals surface area contributed by atoms with Crippen molar-refractivity contribution in [1.29, 1.82) is 0 Å². The normalized spacial score (nSPS) is 19.0. The molecule has 1 saturated heterocycles. The standard InChI is InChI=1S/C22H28FN3O3.2H2S/c1-14-9-18(10-15(2)24-14)29-13-17-5-4-6-26(12-17)16(3)21-19(23)11-20-22(25-21)28-8-7-27-20;;/h9-11,16-17H,4-8,12-13H2,1-3H3;2*1H2/t16-,17-;;/m0../s1. The lowest BCUT2D eigenvalue weighted by atomic mass is 9.97. The van der Waals surface area contributed by atoms with Crippen LogP contribution in [0.5, 0.6) is 17.4 Å². The summed E-state index contributed by atoms with van der Waals surface area (Å²) in [5.74, 6) is 1.68. The van der Waals surface area contributed by atoms with Crippen molar-refractivity contribution >= 4 is 27.0 Å². The Kier molecular flexibility index (Phi) is 9.27. The highest BCUT2D eigenvalue weighted by Crippen LogP contribution is 2.34. The molecule has 0 bridgehead atoms. The number of likely N-dealkylation sites (tertiary alicyclic amines) is 1. The summed E-state index contributed by atoms with van der Waals surface area (Å²) >= 11 is 0. The first kappa shape index (κ1) is 25.5. The van der Waals surface area contributed by atoms with Crippen LogP contribution in [0.4, 0.5) is 4.39 Å². The molecule has 6 nitrogen and oxygen atoms in total. The number of piperidine rings is 1. The number of aryl methyl sites for hydroxylation is 2. The fraction of sp³-hybridized carbons (Fsp3) is 0.545.